The Balaban J connectivity index is 2.57. The van der Waals surface area contributed by atoms with E-state index >= 15 is 0 Å². The van der Waals surface area contributed by atoms with Gasteiger partial charge in [0.2, 0.25) is 5.60 Å². The molecule has 0 bridgehead atoms. The first-order valence-corrected chi connectivity index (χ1v) is 7.48. The lowest BCUT2D eigenvalue weighted by molar-refractivity contribution is -0.205. The van der Waals surface area contributed by atoms with Crippen molar-refractivity contribution in [2.45, 2.75) is 19.4 Å². The molecule has 0 radical (unpaired) electrons. The van der Waals surface area contributed by atoms with Crippen molar-refractivity contribution < 1.29 is 23.5 Å². The molecule has 1 heterocycles. The second-order valence-electron chi connectivity index (χ2n) is 4.21. The average molecular weight is 281 g/mol. The molecule has 0 saturated carbocycles. The Bertz CT molecular complexity index is 566. The van der Waals surface area contributed by atoms with Crippen molar-refractivity contribution >= 4 is 13.6 Å². The Morgan fingerprint density at radius 1 is 1.42 bits per heavy atom. The Labute approximate surface area is 111 Å². The molecule has 1 aromatic carbocycles. The fourth-order valence-corrected chi connectivity index (χ4v) is 3.53. The number of hydrogen-bond acceptors (Lipinski definition) is 5. The summed E-state index contributed by atoms with van der Waals surface area (Å²) in [7, 11) is -4.18. The van der Waals surface area contributed by atoms with E-state index in [1.54, 1.807) is 44.2 Å². The molecule has 19 heavy (non-hydrogen) atoms. The average Bonchev–Trinajstić information content (AvgIpc) is 2.61. The Morgan fingerprint density at radius 2 is 2.05 bits per heavy atom. The Hall–Kier alpha value is -1.42. The number of benzene rings is 1. The van der Waals surface area contributed by atoms with Gasteiger partial charge in [0, 0.05) is 0 Å². The van der Waals surface area contributed by atoms with Crippen molar-refractivity contribution in [3.63, 3.8) is 0 Å². The second-order valence-corrected chi connectivity index (χ2v) is 5.73. The Morgan fingerprint density at radius 3 is 2.53 bits per heavy atom. The molecule has 2 rings (SSSR count). The fraction of sp³-hybridized carbons (Fsp3) is 0.308. The van der Waals surface area contributed by atoms with Gasteiger partial charge in [-0.25, -0.2) is 4.79 Å². The lowest BCUT2D eigenvalue weighted by Crippen LogP contribution is -2.38. The highest BCUT2D eigenvalue weighted by atomic mass is 31.2. The molecule has 5 nitrogen and oxygen atoms in total. The van der Waals surface area contributed by atoms with Crippen molar-refractivity contribution in [1.29, 1.82) is 0 Å². The molecule has 0 fully saturated rings. The molecular formula is C13H14O5P-. The van der Waals surface area contributed by atoms with E-state index in [9.17, 15) is 14.3 Å². The summed E-state index contributed by atoms with van der Waals surface area (Å²) in [6.45, 7) is 3.34. The minimum absolute atomic E-state index is 0.146. The lowest BCUT2D eigenvalue weighted by atomic mass is 9.88. The van der Waals surface area contributed by atoms with Crippen LogP contribution in [0.15, 0.2) is 41.7 Å². The molecule has 2 atom stereocenters. The monoisotopic (exact) mass is 281 g/mol. The molecule has 0 aromatic heterocycles. The molecule has 6 heteroatoms. The summed E-state index contributed by atoms with van der Waals surface area (Å²) in [5.74, 6) is 0.264. The summed E-state index contributed by atoms with van der Waals surface area (Å²) in [6, 6.07) is 8.47. The van der Waals surface area contributed by atoms with E-state index < -0.39 is 19.2 Å². The minimum atomic E-state index is -4.18. The molecule has 1 aromatic rings. The summed E-state index contributed by atoms with van der Waals surface area (Å²) in [5, 5.41) is 0. The molecule has 102 valence electrons. The standard InChI is InChI=1S/C13H15O5P/c1-3-17-12(14)13(11-7-5-4-6-8-11)10(2)9-19(15,16)18-13/h4-9H,3H2,1-2H3,(H,15,16)/p-1/t13-/m0/s1. The molecule has 1 aliphatic rings. The zero-order valence-corrected chi connectivity index (χ0v) is 11.6. The minimum Gasteiger partial charge on any atom is -0.775 e. The number of hydrogen-bond donors (Lipinski definition) is 0. The van der Waals surface area contributed by atoms with Crippen LogP contribution in [0.25, 0.3) is 0 Å². The van der Waals surface area contributed by atoms with Gasteiger partial charge < -0.3 is 18.7 Å². The molecule has 0 saturated heterocycles. The van der Waals surface area contributed by atoms with Gasteiger partial charge in [-0.1, -0.05) is 30.3 Å². The van der Waals surface area contributed by atoms with E-state index in [4.69, 9.17) is 9.26 Å². The second kappa shape index (κ2) is 4.93. The molecule has 0 spiro atoms. The van der Waals surface area contributed by atoms with Gasteiger partial charge in [-0.05, 0) is 30.8 Å². The van der Waals surface area contributed by atoms with E-state index in [-0.39, 0.29) is 6.61 Å². The molecule has 1 aliphatic heterocycles. The van der Waals surface area contributed by atoms with Crippen LogP contribution in [0.1, 0.15) is 19.4 Å². The lowest BCUT2D eigenvalue weighted by Gasteiger charge is -2.30. The first-order chi connectivity index (χ1) is 8.92. The molecule has 0 amide bonds. The summed E-state index contributed by atoms with van der Waals surface area (Å²) in [6.07, 6.45) is 0. The van der Waals surface area contributed by atoms with E-state index in [0.29, 0.717) is 11.1 Å². The zero-order valence-electron chi connectivity index (χ0n) is 10.7. The maximum absolute atomic E-state index is 12.2. The summed E-state index contributed by atoms with van der Waals surface area (Å²) in [4.78, 5) is 23.9. The van der Waals surface area contributed by atoms with Crippen LogP contribution in [0.2, 0.25) is 0 Å². The summed E-state index contributed by atoms with van der Waals surface area (Å²) in [5.41, 5.74) is -0.944. The van der Waals surface area contributed by atoms with E-state index in [2.05, 4.69) is 0 Å². The zero-order chi connectivity index (χ0) is 14.1. The summed E-state index contributed by atoms with van der Waals surface area (Å²) >= 11 is 0. The third kappa shape index (κ3) is 2.37. The summed E-state index contributed by atoms with van der Waals surface area (Å²) < 4.78 is 21.7. The smallest absolute Gasteiger partial charge is 0.347 e. The van der Waals surface area contributed by atoms with Gasteiger partial charge in [-0.15, -0.1) is 0 Å². The maximum Gasteiger partial charge on any atom is 0.347 e. The predicted molar refractivity (Wildman–Crippen MR) is 67.2 cm³/mol. The van der Waals surface area contributed by atoms with Crippen molar-refractivity contribution in [1.82, 2.24) is 0 Å². The van der Waals surface area contributed by atoms with Gasteiger partial charge in [0.25, 0.3) is 0 Å². The third-order valence-corrected chi connectivity index (χ3v) is 4.15. The van der Waals surface area contributed by atoms with Crippen LogP contribution in [0.4, 0.5) is 0 Å². The number of ether oxygens (including phenoxy) is 1. The highest BCUT2D eigenvalue weighted by molar-refractivity contribution is 7.55. The maximum atomic E-state index is 12.2. The van der Waals surface area contributed by atoms with Crippen LogP contribution in [0, 0.1) is 0 Å². The van der Waals surface area contributed by atoms with Crippen LogP contribution in [-0.4, -0.2) is 12.6 Å². The van der Waals surface area contributed by atoms with Gasteiger partial charge in [0.1, 0.15) is 0 Å². The van der Waals surface area contributed by atoms with E-state index in [1.165, 1.54) is 0 Å². The number of esters is 1. The third-order valence-electron chi connectivity index (χ3n) is 2.91. The van der Waals surface area contributed by atoms with Crippen LogP contribution < -0.4 is 4.89 Å². The SMILES string of the molecule is CCOC(=O)[C@]1(c2ccccc2)OP(=O)([O-])C=C1C. The first kappa shape index (κ1) is 14.0. The normalized spacial score (nSPS) is 29.9. The van der Waals surface area contributed by atoms with Crippen LogP contribution in [-0.2, 0) is 24.2 Å². The van der Waals surface area contributed by atoms with Gasteiger partial charge in [-0.2, -0.15) is 0 Å². The van der Waals surface area contributed by atoms with Crippen molar-refractivity contribution in [2.24, 2.45) is 0 Å². The van der Waals surface area contributed by atoms with Crippen LogP contribution in [0.5, 0.6) is 0 Å². The number of rotatable bonds is 3. The van der Waals surface area contributed by atoms with Gasteiger partial charge >= 0.3 is 5.97 Å². The quantitative estimate of drug-likeness (QED) is 0.625. The Kier molecular flexibility index (Phi) is 3.63. The van der Waals surface area contributed by atoms with E-state index in [1.807, 2.05) is 0 Å². The van der Waals surface area contributed by atoms with Gasteiger partial charge in [0.15, 0.2) is 7.60 Å². The van der Waals surface area contributed by atoms with Gasteiger partial charge in [-0.3, -0.25) is 0 Å². The predicted octanol–water partition coefficient (Wildman–Crippen LogP) is 1.93. The van der Waals surface area contributed by atoms with E-state index in [0.717, 1.165) is 5.82 Å². The molecule has 1 unspecified atom stereocenters. The largest absolute Gasteiger partial charge is 0.775 e. The number of carbonyl (C=O) groups excluding carboxylic acids is 1. The first-order valence-electron chi connectivity index (χ1n) is 5.86. The topological polar surface area (TPSA) is 75.7 Å². The van der Waals surface area contributed by atoms with Crippen LogP contribution in [0.3, 0.4) is 0 Å². The molecule has 0 aliphatic carbocycles. The van der Waals surface area contributed by atoms with Crippen LogP contribution >= 0.6 is 7.60 Å². The molecule has 0 N–H and O–H groups in total. The number of carbonyl (C=O) groups is 1. The molecular weight excluding hydrogens is 267 g/mol. The fourth-order valence-electron chi connectivity index (χ4n) is 2.12. The highest BCUT2D eigenvalue weighted by Crippen LogP contribution is 2.58. The van der Waals surface area contributed by atoms with Crippen molar-refractivity contribution in [3.8, 4) is 0 Å². The van der Waals surface area contributed by atoms with Crippen molar-refractivity contribution in [2.75, 3.05) is 6.61 Å². The van der Waals surface area contributed by atoms with Crippen molar-refractivity contribution in [3.05, 3.63) is 47.3 Å². The highest BCUT2D eigenvalue weighted by Gasteiger charge is 2.51. The van der Waals surface area contributed by atoms with Gasteiger partial charge in [0.05, 0.1) is 6.61 Å².